The number of rotatable bonds is 8. The Labute approximate surface area is 544 Å². The minimum absolute atomic E-state index is 0.504. The first-order chi connectivity index (χ1) is 46.7. The van der Waals surface area contributed by atoms with Gasteiger partial charge in [0.25, 0.3) is 0 Å². The summed E-state index contributed by atoms with van der Waals surface area (Å²) < 4.78 is 54.5. The van der Waals surface area contributed by atoms with Gasteiger partial charge < -0.3 is 18.3 Å². The van der Waals surface area contributed by atoms with E-state index < -0.39 is 11.7 Å². The number of nitrogens with zero attached hydrogens (tertiary/aromatic N) is 4. The van der Waals surface area contributed by atoms with Crippen molar-refractivity contribution in [2.75, 3.05) is 0 Å². The molecular weight excluding hydrogens is 1170 g/mol. The number of hydrogen-bond donors (Lipinski definition) is 0. The van der Waals surface area contributed by atoms with Gasteiger partial charge in [-0.2, -0.15) is 13.2 Å². The molecule has 0 atom stereocenters. The second-order valence-electron chi connectivity index (χ2n) is 25.1. The van der Waals surface area contributed by atoms with E-state index in [2.05, 4.69) is 303 Å². The van der Waals surface area contributed by atoms with E-state index in [-0.39, 0.29) is 0 Å². The third-order valence-electron chi connectivity index (χ3n) is 19.7. The van der Waals surface area contributed by atoms with Crippen molar-refractivity contribution in [2.24, 2.45) is 0 Å². The van der Waals surface area contributed by atoms with Crippen LogP contribution in [0.25, 0.3) is 176 Å². The maximum atomic E-state index is 15.0. The molecule has 0 aliphatic carbocycles. The molecule has 0 radical (unpaired) electrons. The molecule has 0 amide bonds. The Bertz CT molecular complexity index is 6100. The van der Waals surface area contributed by atoms with E-state index in [1.165, 1.54) is 33.7 Å². The van der Waals surface area contributed by atoms with Crippen molar-refractivity contribution in [3.05, 3.63) is 327 Å². The van der Waals surface area contributed by atoms with Crippen LogP contribution in [0.15, 0.2) is 315 Å². The molecule has 0 N–H and O–H groups in total. The minimum Gasteiger partial charge on any atom is -0.309 e. The van der Waals surface area contributed by atoms with Crippen molar-refractivity contribution >= 4 is 109 Å². The van der Waals surface area contributed by atoms with E-state index >= 15 is 0 Å². The van der Waals surface area contributed by atoms with Gasteiger partial charge in [-0.1, -0.05) is 200 Å². The molecule has 4 heterocycles. The minimum atomic E-state index is -4.55. The van der Waals surface area contributed by atoms with Gasteiger partial charge in [-0.25, -0.2) is 0 Å². The molecule has 0 saturated heterocycles. The SMILES string of the molecule is Cc1cc(-c2cc(-c3cc(-n4c5ccccc5c5c(-c6cccc7c6c6ccccc6n7-c6ccccc6)cccc54)cc(-n4c5ccccc5c5c(-c6cccc7c6c6ccccc6n7-c6ccccc6)cccc54)c3)cc3c2ccc2ccccc23)cc(C(F)(F)F)c1. The highest BCUT2D eigenvalue weighted by atomic mass is 19.4. The number of fused-ring (bicyclic) bond motifs is 15. The van der Waals surface area contributed by atoms with Gasteiger partial charge in [-0.15, -0.1) is 0 Å². The van der Waals surface area contributed by atoms with Gasteiger partial charge in [-0.3, -0.25) is 0 Å². The van der Waals surface area contributed by atoms with Crippen LogP contribution in [-0.4, -0.2) is 18.3 Å². The molecule has 0 spiro atoms. The highest BCUT2D eigenvalue weighted by Gasteiger charge is 2.32. The zero-order valence-electron chi connectivity index (χ0n) is 51.4. The monoisotopic (exact) mass is 1220 g/mol. The third-order valence-corrected chi connectivity index (χ3v) is 19.7. The summed E-state index contributed by atoms with van der Waals surface area (Å²) in [6.07, 6.45) is -4.55. The van der Waals surface area contributed by atoms with Gasteiger partial charge in [0.15, 0.2) is 0 Å². The first-order valence-corrected chi connectivity index (χ1v) is 32.2. The fourth-order valence-corrected chi connectivity index (χ4v) is 15.9. The van der Waals surface area contributed by atoms with Crippen LogP contribution in [0.2, 0.25) is 0 Å². The van der Waals surface area contributed by atoms with Gasteiger partial charge in [-0.05, 0) is 194 Å². The number of hydrogen-bond acceptors (Lipinski definition) is 0. The highest BCUT2D eigenvalue weighted by Crippen LogP contribution is 2.49. The molecule has 19 aromatic rings. The first kappa shape index (κ1) is 54.5. The summed E-state index contributed by atoms with van der Waals surface area (Å²) in [5.41, 5.74) is 20.1. The second kappa shape index (κ2) is 20.9. The van der Waals surface area contributed by atoms with Crippen LogP contribution in [0, 0.1) is 6.92 Å². The molecule has 0 unspecified atom stereocenters. The lowest BCUT2D eigenvalue weighted by Crippen LogP contribution is -2.05. The van der Waals surface area contributed by atoms with E-state index in [1.807, 2.05) is 18.2 Å². The maximum Gasteiger partial charge on any atom is 0.416 e. The molecule has 19 rings (SSSR count). The quantitative estimate of drug-likeness (QED) is 0.135. The smallest absolute Gasteiger partial charge is 0.309 e. The molecule has 4 aromatic heterocycles. The molecule has 0 aliphatic heterocycles. The van der Waals surface area contributed by atoms with Crippen molar-refractivity contribution in [2.45, 2.75) is 13.1 Å². The lowest BCUT2D eigenvalue weighted by Gasteiger charge is -2.18. The van der Waals surface area contributed by atoms with Gasteiger partial charge in [0.05, 0.1) is 49.7 Å². The van der Waals surface area contributed by atoms with Crippen molar-refractivity contribution in [3.8, 4) is 67.3 Å². The fraction of sp³-hybridized carbons (Fsp3) is 0.0227. The summed E-state index contributed by atoms with van der Waals surface area (Å²) in [6.45, 7) is 1.75. The van der Waals surface area contributed by atoms with Crippen LogP contribution < -0.4 is 0 Å². The molecule has 95 heavy (non-hydrogen) atoms. The topological polar surface area (TPSA) is 19.7 Å². The molecule has 0 fully saturated rings. The molecular formula is C88H55F3N4. The average molecular weight is 1230 g/mol. The third kappa shape index (κ3) is 8.35. The van der Waals surface area contributed by atoms with E-state index in [1.54, 1.807) is 6.92 Å². The molecule has 0 aliphatic rings. The Morgan fingerprint density at radius 3 is 1.03 bits per heavy atom. The van der Waals surface area contributed by atoms with Crippen LogP contribution in [0.1, 0.15) is 11.1 Å². The molecule has 0 bridgehead atoms. The summed E-state index contributed by atoms with van der Waals surface area (Å²) in [4.78, 5) is 0. The maximum absolute atomic E-state index is 15.0. The number of aryl methyl sites for hydroxylation is 1. The summed E-state index contributed by atoms with van der Waals surface area (Å²) in [5.74, 6) is 0. The van der Waals surface area contributed by atoms with E-state index in [9.17, 15) is 13.2 Å². The highest BCUT2D eigenvalue weighted by molar-refractivity contribution is 6.24. The Morgan fingerprint density at radius 2 is 0.600 bits per heavy atom. The van der Waals surface area contributed by atoms with Crippen molar-refractivity contribution < 1.29 is 13.2 Å². The molecule has 7 heteroatoms. The number of benzene rings is 15. The van der Waals surface area contributed by atoms with Crippen LogP contribution in [-0.2, 0) is 6.18 Å². The number of alkyl halides is 3. The molecule has 15 aromatic carbocycles. The van der Waals surface area contributed by atoms with Crippen molar-refractivity contribution in [1.29, 1.82) is 0 Å². The van der Waals surface area contributed by atoms with E-state index in [0.717, 1.165) is 149 Å². The lowest BCUT2D eigenvalue weighted by molar-refractivity contribution is -0.137. The summed E-state index contributed by atoms with van der Waals surface area (Å²) >= 11 is 0. The van der Waals surface area contributed by atoms with Crippen LogP contribution in [0.5, 0.6) is 0 Å². The molecule has 448 valence electrons. The average Bonchev–Trinajstić information content (AvgIpc) is 1.60. The summed E-state index contributed by atoms with van der Waals surface area (Å²) in [7, 11) is 0. The molecule has 4 nitrogen and oxygen atoms in total. The Hall–Kier alpha value is -12.2. The Kier molecular flexibility index (Phi) is 12.0. The number of halogens is 3. The molecule has 0 saturated carbocycles. The summed E-state index contributed by atoms with van der Waals surface area (Å²) in [6, 6.07) is 111. The largest absolute Gasteiger partial charge is 0.416 e. The van der Waals surface area contributed by atoms with Gasteiger partial charge in [0.1, 0.15) is 0 Å². The predicted octanol–water partition coefficient (Wildman–Crippen LogP) is 24.4. The second-order valence-corrected chi connectivity index (χ2v) is 25.1. The normalized spacial score (nSPS) is 12.2. The zero-order chi connectivity index (χ0) is 63.2. The number of aromatic nitrogens is 4. The predicted molar refractivity (Wildman–Crippen MR) is 390 cm³/mol. The van der Waals surface area contributed by atoms with E-state index in [0.29, 0.717) is 11.1 Å². The van der Waals surface area contributed by atoms with Crippen molar-refractivity contribution in [1.82, 2.24) is 18.3 Å². The van der Waals surface area contributed by atoms with Crippen molar-refractivity contribution in [3.63, 3.8) is 0 Å². The lowest BCUT2D eigenvalue weighted by atomic mass is 9.89. The Balaban J connectivity index is 0.909. The van der Waals surface area contributed by atoms with Crippen LogP contribution in [0.4, 0.5) is 13.2 Å². The summed E-state index contributed by atoms with van der Waals surface area (Å²) in [5, 5.41) is 13.1. The first-order valence-electron chi connectivity index (χ1n) is 32.2. The standard InChI is InChI=1S/C88H55F3N4/c1-54-46-58(48-59(47-54)88(89,90)91)74-51-57(52-75-64-27-9-8-22-55(64)44-45-65(74)75)56-49-62(94-78-38-16-12-30-72(78)86-68(34-20-42-82(86)94)66-32-18-40-80-84(66)70-28-10-14-36-76(70)92(80)60-23-4-2-5-24-60)53-63(50-56)95-79-39-17-13-31-73(79)87-69(35-21-43-83(87)95)67-33-19-41-81-85(67)71-29-11-15-37-77(71)93(81)61-25-6-3-7-26-61/h2-53H,1H3. The zero-order valence-corrected chi connectivity index (χ0v) is 51.4. The van der Waals surface area contributed by atoms with Crippen LogP contribution >= 0.6 is 0 Å². The van der Waals surface area contributed by atoms with E-state index in [4.69, 9.17) is 0 Å². The van der Waals surface area contributed by atoms with Gasteiger partial charge in [0, 0.05) is 65.8 Å². The van der Waals surface area contributed by atoms with Gasteiger partial charge in [0.2, 0.25) is 0 Å². The van der Waals surface area contributed by atoms with Gasteiger partial charge >= 0.3 is 6.18 Å². The number of para-hydroxylation sites is 6. The Morgan fingerprint density at radius 1 is 0.232 bits per heavy atom. The fourth-order valence-electron chi connectivity index (χ4n) is 15.9. The van der Waals surface area contributed by atoms with Crippen LogP contribution in [0.3, 0.4) is 0 Å².